The van der Waals surface area contributed by atoms with Gasteiger partial charge in [0.15, 0.2) is 0 Å². The number of aryl methyl sites for hydroxylation is 1. The molecule has 0 fully saturated rings. The van der Waals surface area contributed by atoms with Crippen LogP contribution in [0.5, 0.6) is 0 Å². The number of benzene rings is 3. The zero-order valence-corrected chi connectivity index (χ0v) is 17.4. The molecule has 0 aliphatic heterocycles. The Balaban J connectivity index is 1.73. The van der Waals surface area contributed by atoms with Crippen LogP contribution in [0, 0.1) is 0 Å². The molecule has 150 valence electrons. The Kier molecular flexibility index (Phi) is 3.86. The maximum Gasteiger partial charge on any atom is 0.0981 e. The van der Waals surface area contributed by atoms with Crippen LogP contribution in [0.1, 0.15) is 12.8 Å². The Morgan fingerprint density at radius 2 is 1.70 bits per heavy atom. The fourth-order valence-electron chi connectivity index (χ4n) is 4.98. The number of para-hydroxylation sites is 2. The summed E-state index contributed by atoms with van der Waals surface area (Å²) < 4.78 is 2.50. The molecule has 0 bridgehead atoms. The fourth-order valence-corrected chi connectivity index (χ4v) is 4.98. The maximum atomic E-state index is 5.12. The molecule has 0 spiro atoms. The molecule has 3 heterocycles. The Morgan fingerprint density at radius 3 is 2.57 bits per heavy atom. The second-order valence-electron chi connectivity index (χ2n) is 8.46. The van der Waals surface area contributed by atoms with Crippen LogP contribution in [0.25, 0.3) is 54.5 Å². The van der Waals surface area contributed by atoms with Crippen molar-refractivity contribution < 1.29 is 0 Å². The number of nitrogens with one attached hydrogen (secondary N) is 2. The van der Waals surface area contributed by atoms with E-state index in [0.717, 1.165) is 36.1 Å². The molecule has 30 heavy (non-hydrogen) atoms. The van der Waals surface area contributed by atoms with Crippen LogP contribution < -0.4 is 0 Å². The largest absolute Gasteiger partial charge is 0.339 e. The number of rotatable bonds is 5. The van der Waals surface area contributed by atoms with Gasteiger partial charge in [-0.3, -0.25) is 0 Å². The molecule has 0 aliphatic rings. The molecule has 0 saturated heterocycles. The first-order valence-corrected chi connectivity index (χ1v) is 10.7. The minimum Gasteiger partial charge on any atom is -0.339 e. The number of aromatic nitrogens is 4. The van der Waals surface area contributed by atoms with Crippen LogP contribution in [0.4, 0.5) is 0 Å². The van der Waals surface area contributed by atoms with E-state index < -0.39 is 0 Å². The SMILES string of the molecule is CN(C)CCCCn1c2ccccc2c2c3c[nH][nH]c3c3c4ccccc4nc3c21. The van der Waals surface area contributed by atoms with Gasteiger partial charge in [0.1, 0.15) is 0 Å². The smallest absolute Gasteiger partial charge is 0.0981 e. The lowest BCUT2D eigenvalue weighted by Crippen LogP contribution is -2.13. The van der Waals surface area contributed by atoms with Crippen molar-refractivity contribution in [2.45, 2.75) is 19.4 Å². The summed E-state index contributed by atoms with van der Waals surface area (Å²) in [5, 5.41) is 12.9. The van der Waals surface area contributed by atoms with Crippen LogP contribution in [-0.4, -0.2) is 45.3 Å². The molecule has 5 heteroatoms. The van der Waals surface area contributed by atoms with E-state index in [4.69, 9.17) is 4.98 Å². The van der Waals surface area contributed by atoms with Gasteiger partial charge in [0, 0.05) is 45.2 Å². The van der Waals surface area contributed by atoms with E-state index in [-0.39, 0.29) is 0 Å². The van der Waals surface area contributed by atoms with Crippen molar-refractivity contribution >= 4 is 54.5 Å². The van der Waals surface area contributed by atoms with Crippen molar-refractivity contribution in [3.8, 4) is 0 Å². The van der Waals surface area contributed by atoms with Crippen molar-refractivity contribution in [2.24, 2.45) is 0 Å². The summed E-state index contributed by atoms with van der Waals surface area (Å²) in [6, 6.07) is 17.2. The first-order chi connectivity index (χ1) is 14.7. The van der Waals surface area contributed by atoms with E-state index in [1.54, 1.807) is 0 Å². The lowest BCUT2D eigenvalue weighted by molar-refractivity contribution is 0.389. The van der Waals surface area contributed by atoms with Gasteiger partial charge in [0.2, 0.25) is 0 Å². The normalized spacial score (nSPS) is 12.5. The van der Waals surface area contributed by atoms with Gasteiger partial charge in [-0.2, -0.15) is 0 Å². The molecule has 0 atom stereocenters. The standard InChI is InChI=1S/C25H25N5/c1-29(2)13-7-8-14-30-20-12-6-4-10-17(20)21-18-15-26-28-23(18)22-16-9-3-5-11-19(16)27-24(22)25(21)30/h3-6,9-12,15,26,28H,7-8,13-14H2,1-2H3. The lowest BCUT2D eigenvalue weighted by atomic mass is 10.0. The minimum atomic E-state index is 0.996. The number of H-pyrrole nitrogens is 2. The molecule has 2 N–H and O–H groups in total. The van der Waals surface area contributed by atoms with E-state index in [0.29, 0.717) is 0 Å². The Morgan fingerprint density at radius 1 is 0.900 bits per heavy atom. The van der Waals surface area contributed by atoms with Crippen LogP contribution in [0.3, 0.4) is 0 Å². The van der Waals surface area contributed by atoms with E-state index in [9.17, 15) is 0 Å². The summed E-state index contributed by atoms with van der Waals surface area (Å²) in [4.78, 5) is 7.38. The predicted octanol–water partition coefficient (Wildman–Crippen LogP) is 5.65. The quantitative estimate of drug-likeness (QED) is 0.371. The Hall–Kier alpha value is -3.31. The monoisotopic (exact) mass is 395 g/mol. The van der Waals surface area contributed by atoms with Crippen molar-refractivity contribution in [3.05, 3.63) is 54.7 Å². The summed E-state index contributed by atoms with van der Waals surface area (Å²) in [5.74, 6) is 0. The Bertz CT molecular complexity index is 1530. The molecule has 0 unspecified atom stereocenters. The summed E-state index contributed by atoms with van der Waals surface area (Å²) in [6.07, 6.45) is 4.42. The molecule has 5 nitrogen and oxygen atoms in total. The lowest BCUT2D eigenvalue weighted by Gasteiger charge is -2.11. The third kappa shape index (κ3) is 2.42. The summed E-state index contributed by atoms with van der Waals surface area (Å²) in [5.41, 5.74) is 5.84. The van der Waals surface area contributed by atoms with Crippen molar-refractivity contribution in [2.75, 3.05) is 20.6 Å². The van der Waals surface area contributed by atoms with Gasteiger partial charge in [-0.15, -0.1) is 0 Å². The van der Waals surface area contributed by atoms with Gasteiger partial charge < -0.3 is 19.7 Å². The number of unbranched alkanes of at least 4 members (excludes halogenated alkanes) is 1. The average Bonchev–Trinajstić information content (AvgIpc) is 3.44. The maximum absolute atomic E-state index is 5.12. The molecule has 6 rings (SSSR count). The average molecular weight is 396 g/mol. The number of aromatic amines is 2. The van der Waals surface area contributed by atoms with E-state index in [2.05, 4.69) is 88.5 Å². The number of hydrogen-bond donors (Lipinski definition) is 2. The molecule has 3 aromatic heterocycles. The number of hydrogen-bond acceptors (Lipinski definition) is 2. The van der Waals surface area contributed by atoms with Gasteiger partial charge in [-0.1, -0.05) is 36.4 Å². The van der Waals surface area contributed by atoms with E-state index >= 15 is 0 Å². The first-order valence-electron chi connectivity index (χ1n) is 10.7. The predicted molar refractivity (Wildman–Crippen MR) is 126 cm³/mol. The molecule has 0 amide bonds. The van der Waals surface area contributed by atoms with Crippen LogP contribution in [-0.2, 0) is 6.54 Å². The fraction of sp³-hybridized carbons (Fsp3) is 0.240. The molecular formula is C25H25N5. The van der Waals surface area contributed by atoms with Gasteiger partial charge in [0.25, 0.3) is 0 Å². The highest BCUT2D eigenvalue weighted by Gasteiger charge is 2.21. The van der Waals surface area contributed by atoms with Crippen LogP contribution >= 0.6 is 0 Å². The van der Waals surface area contributed by atoms with E-state index in [1.165, 1.54) is 44.4 Å². The minimum absolute atomic E-state index is 0.996. The van der Waals surface area contributed by atoms with Gasteiger partial charge >= 0.3 is 0 Å². The molecule has 6 aromatic rings. The molecule has 0 saturated carbocycles. The highest BCUT2D eigenvalue weighted by atomic mass is 15.1. The number of fused-ring (bicyclic) bond motifs is 10. The molecule has 0 radical (unpaired) electrons. The van der Waals surface area contributed by atoms with Crippen molar-refractivity contribution in [1.82, 2.24) is 24.6 Å². The zero-order valence-electron chi connectivity index (χ0n) is 17.4. The van der Waals surface area contributed by atoms with Gasteiger partial charge in [0.05, 0.1) is 22.1 Å². The van der Waals surface area contributed by atoms with Crippen LogP contribution in [0.2, 0.25) is 0 Å². The number of nitrogens with zero attached hydrogens (tertiary/aromatic N) is 3. The third-order valence-corrected chi connectivity index (χ3v) is 6.28. The molecular weight excluding hydrogens is 370 g/mol. The molecule has 3 aromatic carbocycles. The summed E-state index contributed by atoms with van der Waals surface area (Å²) in [7, 11) is 4.28. The summed E-state index contributed by atoms with van der Waals surface area (Å²) in [6.45, 7) is 2.11. The van der Waals surface area contributed by atoms with Gasteiger partial charge in [-0.25, -0.2) is 4.98 Å². The van der Waals surface area contributed by atoms with Crippen molar-refractivity contribution in [3.63, 3.8) is 0 Å². The Labute approximate surface area is 174 Å². The van der Waals surface area contributed by atoms with Crippen LogP contribution in [0.15, 0.2) is 54.7 Å². The molecule has 0 aliphatic carbocycles. The van der Waals surface area contributed by atoms with Gasteiger partial charge in [-0.05, 0) is 45.6 Å². The third-order valence-electron chi connectivity index (χ3n) is 6.28. The topological polar surface area (TPSA) is 52.6 Å². The first kappa shape index (κ1) is 17.5. The zero-order chi connectivity index (χ0) is 20.2. The van der Waals surface area contributed by atoms with E-state index in [1.807, 2.05) is 0 Å². The highest BCUT2D eigenvalue weighted by Crippen LogP contribution is 2.42. The summed E-state index contributed by atoms with van der Waals surface area (Å²) >= 11 is 0. The van der Waals surface area contributed by atoms with Crippen molar-refractivity contribution in [1.29, 1.82) is 0 Å². The second kappa shape index (κ2) is 6.61. The highest BCUT2D eigenvalue weighted by molar-refractivity contribution is 6.34. The second-order valence-corrected chi connectivity index (χ2v) is 8.46.